The normalized spacial score (nSPS) is 20.9. The highest BCUT2D eigenvalue weighted by molar-refractivity contribution is 7.89. The van der Waals surface area contributed by atoms with Crippen molar-refractivity contribution in [1.82, 2.24) is 14.9 Å². The smallest absolute Gasteiger partial charge is 0.240 e. The van der Waals surface area contributed by atoms with Gasteiger partial charge in [-0.25, -0.2) is 13.1 Å². The Hall–Kier alpha value is -1.77. The molecule has 0 aromatic heterocycles. The van der Waals surface area contributed by atoms with Crippen molar-refractivity contribution in [2.75, 3.05) is 33.3 Å². The van der Waals surface area contributed by atoms with Crippen LogP contribution in [0.25, 0.3) is 11.1 Å². The summed E-state index contributed by atoms with van der Waals surface area (Å²) in [6.45, 7) is 4.20. The minimum Gasteiger partial charge on any atom is -0.377 e. The molecule has 0 aliphatic carbocycles. The Bertz CT molecular complexity index is 948. The van der Waals surface area contributed by atoms with Crippen molar-refractivity contribution >= 4 is 10.0 Å². The highest BCUT2D eigenvalue weighted by Crippen LogP contribution is 2.23. The van der Waals surface area contributed by atoms with E-state index in [4.69, 9.17) is 4.74 Å². The van der Waals surface area contributed by atoms with Gasteiger partial charge < -0.3 is 15.0 Å². The molecule has 2 aromatic rings. The standard InChI is InChI=1S/C24H33N3O3S/c1-27-13-11-22(12-14-27)25-17-19-7-9-20(10-8-19)21-4-2-6-24(16-21)31(28,29)26-18-23-5-3-15-30-23/h2,4,6-10,16,22-23,25-26H,3,5,11-15,17-18H2,1H3. The van der Waals surface area contributed by atoms with E-state index in [2.05, 4.69) is 46.3 Å². The third-order valence-electron chi connectivity index (χ3n) is 6.27. The van der Waals surface area contributed by atoms with Gasteiger partial charge >= 0.3 is 0 Å². The third-order valence-corrected chi connectivity index (χ3v) is 7.69. The summed E-state index contributed by atoms with van der Waals surface area (Å²) in [5.74, 6) is 0. The molecule has 6 nitrogen and oxygen atoms in total. The lowest BCUT2D eigenvalue weighted by atomic mass is 10.0. The quantitative estimate of drug-likeness (QED) is 0.656. The summed E-state index contributed by atoms with van der Waals surface area (Å²) in [5.41, 5.74) is 3.15. The van der Waals surface area contributed by atoms with Gasteiger partial charge in [0.25, 0.3) is 0 Å². The van der Waals surface area contributed by atoms with Crippen molar-refractivity contribution < 1.29 is 13.2 Å². The number of likely N-dealkylation sites (tertiary alicyclic amines) is 1. The molecule has 1 unspecified atom stereocenters. The van der Waals surface area contributed by atoms with Crippen molar-refractivity contribution in [1.29, 1.82) is 0 Å². The monoisotopic (exact) mass is 443 g/mol. The highest BCUT2D eigenvalue weighted by atomic mass is 32.2. The van der Waals surface area contributed by atoms with E-state index < -0.39 is 10.0 Å². The molecule has 0 radical (unpaired) electrons. The van der Waals surface area contributed by atoms with Crippen LogP contribution in [0.1, 0.15) is 31.2 Å². The summed E-state index contributed by atoms with van der Waals surface area (Å²) in [6, 6.07) is 16.1. The largest absolute Gasteiger partial charge is 0.377 e. The topological polar surface area (TPSA) is 70.7 Å². The molecule has 2 aliphatic rings. The van der Waals surface area contributed by atoms with Gasteiger partial charge in [0, 0.05) is 25.7 Å². The molecule has 168 valence electrons. The van der Waals surface area contributed by atoms with Gasteiger partial charge in [-0.05, 0) is 74.6 Å². The number of hydrogen-bond acceptors (Lipinski definition) is 5. The zero-order chi connectivity index (χ0) is 21.7. The molecule has 0 saturated carbocycles. The van der Waals surface area contributed by atoms with E-state index in [9.17, 15) is 8.42 Å². The zero-order valence-electron chi connectivity index (χ0n) is 18.2. The van der Waals surface area contributed by atoms with Crippen LogP contribution in [0, 0.1) is 0 Å². The molecule has 2 fully saturated rings. The molecule has 2 saturated heterocycles. The molecule has 0 bridgehead atoms. The second-order valence-corrected chi connectivity index (χ2v) is 10.4. The van der Waals surface area contributed by atoms with E-state index in [-0.39, 0.29) is 11.0 Å². The molecular weight excluding hydrogens is 410 g/mol. The van der Waals surface area contributed by atoms with Crippen LogP contribution >= 0.6 is 0 Å². The van der Waals surface area contributed by atoms with Crippen LogP contribution < -0.4 is 10.0 Å². The molecule has 2 aliphatic heterocycles. The van der Waals surface area contributed by atoms with E-state index in [1.54, 1.807) is 18.2 Å². The first kappa shape index (κ1) is 22.4. The predicted molar refractivity (Wildman–Crippen MR) is 123 cm³/mol. The maximum Gasteiger partial charge on any atom is 0.240 e. The molecule has 31 heavy (non-hydrogen) atoms. The number of sulfonamides is 1. The molecule has 7 heteroatoms. The van der Waals surface area contributed by atoms with Gasteiger partial charge in [-0.2, -0.15) is 0 Å². The van der Waals surface area contributed by atoms with Gasteiger partial charge in [0.1, 0.15) is 0 Å². The summed E-state index contributed by atoms with van der Waals surface area (Å²) in [7, 11) is -1.38. The lowest BCUT2D eigenvalue weighted by Crippen LogP contribution is -2.40. The highest BCUT2D eigenvalue weighted by Gasteiger charge is 2.20. The predicted octanol–water partition coefficient (Wildman–Crippen LogP) is 2.99. The third kappa shape index (κ3) is 6.14. The van der Waals surface area contributed by atoms with Crippen LogP contribution in [-0.2, 0) is 21.3 Å². The molecular formula is C24H33N3O3S. The number of piperidine rings is 1. The Labute approximate surface area is 186 Å². The molecule has 2 heterocycles. The lowest BCUT2D eigenvalue weighted by Gasteiger charge is -2.29. The Morgan fingerprint density at radius 1 is 1.03 bits per heavy atom. The fourth-order valence-electron chi connectivity index (χ4n) is 4.22. The summed E-state index contributed by atoms with van der Waals surface area (Å²) >= 11 is 0. The fraction of sp³-hybridized carbons (Fsp3) is 0.500. The molecule has 2 aromatic carbocycles. The van der Waals surface area contributed by atoms with Crippen molar-refractivity contribution in [2.45, 2.75) is 49.3 Å². The first-order valence-electron chi connectivity index (χ1n) is 11.2. The van der Waals surface area contributed by atoms with E-state index in [1.165, 1.54) is 18.4 Å². The Kier molecular flexibility index (Phi) is 7.40. The Morgan fingerprint density at radius 3 is 2.52 bits per heavy atom. The average Bonchev–Trinajstić information content (AvgIpc) is 3.32. The van der Waals surface area contributed by atoms with Crippen molar-refractivity contribution in [2.24, 2.45) is 0 Å². The van der Waals surface area contributed by atoms with Gasteiger partial charge in [-0.15, -0.1) is 0 Å². The molecule has 2 N–H and O–H groups in total. The second kappa shape index (κ2) is 10.2. The van der Waals surface area contributed by atoms with E-state index in [0.717, 1.165) is 43.6 Å². The van der Waals surface area contributed by atoms with Gasteiger partial charge in [0.05, 0.1) is 11.0 Å². The van der Waals surface area contributed by atoms with Crippen molar-refractivity contribution in [3.8, 4) is 11.1 Å². The minimum atomic E-state index is -3.55. The lowest BCUT2D eigenvalue weighted by molar-refractivity contribution is 0.114. The maximum absolute atomic E-state index is 12.7. The van der Waals surface area contributed by atoms with Gasteiger partial charge in [-0.3, -0.25) is 0 Å². The van der Waals surface area contributed by atoms with E-state index in [0.29, 0.717) is 19.2 Å². The van der Waals surface area contributed by atoms with Crippen LogP contribution in [0.5, 0.6) is 0 Å². The fourth-order valence-corrected chi connectivity index (χ4v) is 5.34. The number of ether oxygens (including phenoxy) is 1. The first-order valence-corrected chi connectivity index (χ1v) is 12.7. The van der Waals surface area contributed by atoms with E-state index >= 15 is 0 Å². The van der Waals surface area contributed by atoms with Crippen molar-refractivity contribution in [3.05, 3.63) is 54.1 Å². The average molecular weight is 444 g/mol. The zero-order valence-corrected chi connectivity index (χ0v) is 19.0. The van der Waals surface area contributed by atoms with Crippen LogP contribution in [-0.4, -0.2) is 58.8 Å². The number of benzene rings is 2. The molecule has 0 amide bonds. The van der Waals surface area contributed by atoms with Gasteiger partial charge in [0.15, 0.2) is 0 Å². The molecule has 1 atom stereocenters. The Morgan fingerprint density at radius 2 is 1.81 bits per heavy atom. The second-order valence-electron chi connectivity index (χ2n) is 8.67. The number of nitrogens with one attached hydrogen (secondary N) is 2. The number of rotatable bonds is 8. The minimum absolute atomic E-state index is 0.0198. The van der Waals surface area contributed by atoms with Crippen LogP contribution in [0.3, 0.4) is 0 Å². The Balaban J connectivity index is 1.36. The van der Waals surface area contributed by atoms with Gasteiger partial charge in [0.2, 0.25) is 10.0 Å². The molecule has 0 spiro atoms. The van der Waals surface area contributed by atoms with Crippen LogP contribution in [0.15, 0.2) is 53.4 Å². The SMILES string of the molecule is CN1CCC(NCc2ccc(-c3cccc(S(=O)(=O)NCC4CCCO4)c3)cc2)CC1. The first-order chi connectivity index (χ1) is 15.0. The number of nitrogens with zero attached hydrogens (tertiary/aromatic N) is 1. The van der Waals surface area contributed by atoms with Gasteiger partial charge in [-0.1, -0.05) is 36.4 Å². The number of hydrogen-bond donors (Lipinski definition) is 2. The summed E-state index contributed by atoms with van der Waals surface area (Å²) < 4.78 is 33.6. The van der Waals surface area contributed by atoms with Crippen LogP contribution in [0.4, 0.5) is 0 Å². The summed E-state index contributed by atoms with van der Waals surface area (Å²) in [6.07, 6.45) is 4.26. The van der Waals surface area contributed by atoms with E-state index in [1.807, 2.05) is 6.07 Å². The maximum atomic E-state index is 12.7. The van der Waals surface area contributed by atoms with Crippen molar-refractivity contribution in [3.63, 3.8) is 0 Å². The summed E-state index contributed by atoms with van der Waals surface area (Å²) in [4.78, 5) is 2.66. The van der Waals surface area contributed by atoms with Crippen LogP contribution in [0.2, 0.25) is 0 Å². The summed E-state index contributed by atoms with van der Waals surface area (Å²) in [5, 5.41) is 3.66. The molecule has 4 rings (SSSR count).